The highest BCUT2D eigenvalue weighted by Crippen LogP contribution is 2.34. The zero-order valence-corrected chi connectivity index (χ0v) is 22.2. The maximum absolute atomic E-state index is 15.4. The molecule has 0 radical (unpaired) electrons. The summed E-state index contributed by atoms with van der Waals surface area (Å²) in [7, 11) is 0. The maximum atomic E-state index is 15.4. The summed E-state index contributed by atoms with van der Waals surface area (Å²) < 4.78 is 15.4. The lowest BCUT2D eigenvalue weighted by Crippen LogP contribution is -2.58. The van der Waals surface area contributed by atoms with Crippen LogP contribution in [0.25, 0.3) is 0 Å². The third kappa shape index (κ3) is 4.67. The van der Waals surface area contributed by atoms with E-state index in [0.29, 0.717) is 31.9 Å². The Bertz CT molecular complexity index is 1460. The minimum absolute atomic E-state index is 0.000605. The van der Waals surface area contributed by atoms with Gasteiger partial charge in [-0.1, -0.05) is 0 Å². The number of benzene rings is 1. The Labute approximate surface area is 234 Å². The standard InChI is InChI=1S/C27H29FN8O5/c28-17-13-15-16(27(41)36(26(15)40)19-4-5-21(37)31-25(19)39)14-20(17)33-9-11-34(12-10-33)22-3-1-2-8-35(22)18-6-7-30-32-23(18)24(29)38/h6-7,13-14,19,22H,1-5,8-12H2,(H2,29,38)(H,31,37,39). The number of nitrogens with two attached hydrogens (primary N) is 1. The molecule has 3 saturated heterocycles. The number of carbonyl (C=O) groups is 5. The van der Waals surface area contributed by atoms with Gasteiger partial charge in [0, 0.05) is 39.1 Å². The molecule has 1 aromatic heterocycles. The van der Waals surface area contributed by atoms with Crippen molar-refractivity contribution >= 4 is 40.9 Å². The smallest absolute Gasteiger partial charge is 0.271 e. The molecule has 1 aromatic carbocycles. The van der Waals surface area contributed by atoms with Crippen molar-refractivity contribution in [1.82, 2.24) is 25.3 Å². The molecule has 0 spiro atoms. The van der Waals surface area contributed by atoms with Crippen molar-refractivity contribution < 1.29 is 28.4 Å². The Hall–Kier alpha value is -4.46. The second kappa shape index (κ2) is 10.5. The first-order valence-electron chi connectivity index (χ1n) is 13.7. The van der Waals surface area contributed by atoms with Crippen molar-refractivity contribution in [3.8, 4) is 0 Å². The number of piperazine rings is 1. The summed E-state index contributed by atoms with van der Waals surface area (Å²) in [4.78, 5) is 69.2. The molecular weight excluding hydrogens is 535 g/mol. The van der Waals surface area contributed by atoms with Crippen LogP contribution in [0, 0.1) is 5.82 Å². The van der Waals surface area contributed by atoms with E-state index in [9.17, 15) is 24.0 Å². The molecule has 5 heterocycles. The van der Waals surface area contributed by atoms with Gasteiger partial charge in [0.1, 0.15) is 11.9 Å². The molecule has 0 bridgehead atoms. The van der Waals surface area contributed by atoms with Gasteiger partial charge in [-0.3, -0.25) is 39.1 Å². The Kier molecular flexibility index (Phi) is 6.85. The predicted molar refractivity (Wildman–Crippen MR) is 142 cm³/mol. The average Bonchev–Trinajstić information content (AvgIpc) is 3.21. The van der Waals surface area contributed by atoms with E-state index in [1.54, 1.807) is 6.07 Å². The van der Waals surface area contributed by atoms with Gasteiger partial charge in [0.25, 0.3) is 17.7 Å². The fourth-order valence-corrected chi connectivity index (χ4v) is 6.29. The van der Waals surface area contributed by atoms with Gasteiger partial charge in [-0.15, -0.1) is 5.10 Å². The van der Waals surface area contributed by atoms with Gasteiger partial charge in [-0.2, -0.15) is 5.10 Å². The summed E-state index contributed by atoms with van der Waals surface area (Å²) in [5, 5.41) is 9.92. The van der Waals surface area contributed by atoms with Crippen molar-refractivity contribution in [3.05, 3.63) is 47.0 Å². The highest BCUT2D eigenvalue weighted by molar-refractivity contribution is 6.23. The van der Waals surface area contributed by atoms with Crippen molar-refractivity contribution in [3.63, 3.8) is 0 Å². The Morgan fingerprint density at radius 3 is 2.39 bits per heavy atom. The Balaban J connectivity index is 1.19. The predicted octanol–water partition coefficient (Wildman–Crippen LogP) is 0.254. The minimum Gasteiger partial charge on any atom is -0.367 e. The first-order chi connectivity index (χ1) is 19.7. The highest BCUT2D eigenvalue weighted by atomic mass is 19.1. The molecule has 214 valence electrons. The third-order valence-electron chi connectivity index (χ3n) is 8.30. The molecule has 2 aromatic rings. The number of aromatic nitrogens is 2. The second-order valence-electron chi connectivity index (χ2n) is 10.6. The van der Waals surface area contributed by atoms with Crippen molar-refractivity contribution in [1.29, 1.82) is 0 Å². The summed E-state index contributed by atoms with van der Waals surface area (Å²) in [5.41, 5.74) is 6.50. The molecule has 0 aliphatic carbocycles. The van der Waals surface area contributed by atoms with Crippen LogP contribution >= 0.6 is 0 Å². The fourth-order valence-electron chi connectivity index (χ4n) is 6.29. The molecule has 13 nitrogen and oxygen atoms in total. The zero-order valence-electron chi connectivity index (χ0n) is 22.2. The first kappa shape index (κ1) is 26.7. The van der Waals surface area contributed by atoms with Gasteiger partial charge in [0.15, 0.2) is 5.69 Å². The van der Waals surface area contributed by atoms with E-state index >= 15 is 4.39 Å². The molecule has 6 rings (SSSR count). The largest absolute Gasteiger partial charge is 0.367 e. The molecular formula is C27H29FN8O5. The van der Waals surface area contributed by atoms with E-state index < -0.39 is 41.4 Å². The van der Waals surface area contributed by atoms with E-state index in [1.807, 2.05) is 4.90 Å². The number of rotatable bonds is 5. The number of piperidine rings is 2. The molecule has 4 aliphatic rings. The van der Waals surface area contributed by atoms with E-state index in [4.69, 9.17) is 5.73 Å². The first-order valence-corrected chi connectivity index (χ1v) is 13.7. The number of anilines is 2. The normalized spacial score (nSPS) is 23.6. The number of imide groups is 2. The van der Waals surface area contributed by atoms with Crippen LogP contribution < -0.4 is 20.9 Å². The average molecular weight is 565 g/mol. The number of nitrogens with zero attached hydrogens (tertiary/aromatic N) is 6. The van der Waals surface area contributed by atoms with Gasteiger partial charge >= 0.3 is 0 Å². The van der Waals surface area contributed by atoms with Crippen LogP contribution in [0.5, 0.6) is 0 Å². The summed E-state index contributed by atoms with van der Waals surface area (Å²) >= 11 is 0. The van der Waals surface area contributed by atoms with Crippen LogP contribution in [0.1, 0.15) is 63.3 Å². The van der Waals surface area contributed by atoms with Crippen LogP contribution in [-0.4, -0.2) is 94.5 Å². The number of nitrogens with one attached hydrogen (secondary N) is 1. The van der Waals surface area contributed by atoms with Gasteiger partial charge < -0.3 is 15.5 Å². The molecule has 41 heavy (non-hydrogen) atoms. The summed E-state index contributed by atoms with van der Waals surface area (Å²) in [5.74, 6) is -3.86. The van der Waals surface area contributed by atoms with E-state index in [2.05, 4.69) is 25.3 Å². The zero-order chi connectivity index (χ0) is 28.8. The van der Waals surface area contributed by atoms with Crippen molar-refractivity contribution in [2.75, 3.05) is 42.5 Å². The number of halogens is 1. The van der Waals surface area contributed by atoms with Crippen LogP contribution in [0.3, 0.4) is 0 Å². The van der Waals surface area contributed by atoms with Crippen molar-refractivity contribution in [2.45, 2.75) is 44.3 Å². The number of fused-ring (bicyclic) bond motifs is 1. The van der Waals surface area contributed by atoms with Gasteiger partial charge in [-0.25, -0.2) is 4.39 Å². The molecule has 14 heteroatoms. The summed E-state index contributed by atoms with van der Waals surface area (Å²) in [6.07, 6.45) is 4.43. The van der Waals surface area contributed by atoms with Gasteiger partial charge in [-0.05, 0) is 43.9 Å². The quantitative estimate of drug-likeness (QED) is 0.482. The highest BCUT2D eigenvalue weighted by Gasteiger charge is 2.45. The van der Waals surface area contributed by atoms with Crippen molar-refractivity contribution in [2.24, 2.45) is 5.73 Å². The second-order valence-corrected chi connectivity index (χ2v) is 10.6. The summed E-state index contributed by atoms with van der Waals surface area (Å²) in [6.45, 7) is 2.86. The number of hydrogen-bond acceptors (Lipinski definition) is 10. The molecule has 3 fully saturated rings. The van der Waals surface area contributed by atoms with E-state index in [1.165, 1.54) is 12.3 Å². The SMILES string of the molecule is NC(=O)c1nnccc1N1CCCCC1N1CCN(c2cc3c(cc2F)C(=O)N(C2CCC(=O)NC2=O)C3=O)CC1. The fraction of sp³-hybridized carbons (Fsp3) is 0.444. The topological polar surface area (TPSA) is 162 Å². The number of carbonyl (C=O) groups excluding carboxylic acids is 5. The minimum atomic E-state index is -1.11. The number of primary amides is 1. The van der Waals surface area contributed by atoms with E-state index in [-0.39, 0.29) is 41.5 Å². The number of amides is 5. The van der Waals surface area contributed by atoms with Crippen LogP contribution in [0.4, 0.5) is 15.8 Å². The third-order valence-corrected chi connectivity index (χ3v) is 8.30. The molecule has 5 amide bonds. The molecule has 4 aliphatic heterocycles. The molecule has 3 N–H and O–H groups in total. The van der Waals surface area contributed by atoms with Crippen LogP contribution in [-0.2, 0) is 9.59 Å². The van der Waals surface area contributed by atoms with Crippen LogP contribution in [0.2, 0.25) is 0 Å². The number of hydrogen-bond donors (Lipinski definition) is 2. The maximum Gasteiger partial charge on any atom is 0.271 e. The van der Waals surface area contributed by atoms with E-state index in [0.717, 1.165) is 36.8 Å². The molecule has 2 atom stereocenters. The Morgan fingerprint density at radius 1 is 0.951 bits per heavy atom. The van der Waals surface area contributed by atoms with Crippen LogP contribution in [0.15, 0.2) is 24.4 Å². The Morgan fingerprint density at radius 2 is 1.68 bits per heavy atom. The lowest BCUT2D eigenvalue weighted by molar-refractivity contribution is -0.136. The van der Waals surface area contributed by atoms with Gasteiger partial charge in [0.05, 0.1) is 34.9 Å². The molecule has 2 unspecified atom stereocenters. The lowest BCUT2D eigenvalue weighted by atomic mass is 10.0. The lowest BCUT2D eigenvalue weighted by Gasteiger charge is -2.47. The summed E-state index contributed by atoms with van der Waals surface area (Å²) in [6, 6.07) is 3.09. The molecule has 0 saturated carbocycles. The van der Waals surface area contributed by atoms with Gasteiger partial charge in [0.2, 0.25) is 11.8 Å². The monoisotopic (exact) mass is 564 g/mol.